The Morgan fingerprint density at radius 1 is 1.29 bits per heavy atom. The zero-order chi connectivity index (χ0) is 12.5. The molecule has 1 aromatic carbocycles. The molecule has 0 aliphatic carbocycles. The van der Waals surface area contributed by atoms with E-state index < -0.39 is 0 Å². The molecule has 0 saturated carbocycles. The van der Waals surface area contributed by atoms with Crippen LogP contribution < -0.4 is 10.2 Å². The second kappa shape index (κ2) is 4.87. The summed E-state index contributed by atoms with van der Waals surface area (Å²) in [6.07, 6.45) is 1.15. The highest BCUT2D eigenvalue weighted by atomic mass is 35.5. The van der Waals surface area contributed by atoms with Crippen molar-refractivity contribution in [3.63, 3.8) is 0 Å². The van der Waals surface area contributed by atoms with Gasteiger partial charge in [-0.3, -0.25) is 0 Å². The van der Waals surface area contributed by atoms with E-state index in [-0.39, 0.29) is 5.54 Å². The van der Waals surface area contributed by atoms with Gasteiger partial charge >= 0.3 is 0 Å². The maximum Gasteiger partial charge on any atom is 0.0455 e. The summed E-state index contributed by atoms with van der Waals surface area (Å²) in [5.41, 5.74) is 2.70. The summed E-state index contributed by atoms with van der Waals surface area (Å²) >= 11 is 6.19. The van der Waals surface area contributed by atoms with Crippen LogP contribution in [-0.2, 0) is 0 Å². The molecule has 0 radical (unpaired) electrons. The molecule has 94 valence electrons. The van der Waals surface area contributed by atoms with Gasteiger partial charge in [0, 0.05) is 35.9 Å². The summed E-state index contributed by atoms with van der Waals surface area (Å²) < 4.78 is 0. The molecular weight excluding hydrogens is 232 g/mol. The van der Waals surface area contributed by atoms with Crippen molar-refractivity contribution in [3.05, 3.63) is 28.8 Å². The average Bonchev–Trinajstić information content (AvgIpc) is 2.44. The molecule has 0 bridgehead atoms. The van der Waals surface area contributed by atoms with E-state index in [2.05, 4.69) is 37.1 Å². The molecule has 1 heterocycles. The molecule has 1 aliphatic rings. The average molecular weight is 253 g/mol. The molecule has 2 nitrogen and oxygen atoms in total. The van der Waals surface area contributed by atoms with Crippen LogP contribution in [0.15, 0.2) is 18.2 Å². The van der Waals surface area contributed by atoms with Gasteiger partial charge in [-0.05, 0) is 44.9 Å². The van der Waals surface area contributed by atoms with E-state index in [1.807, 2.05) is 12.1 Å². The summed E-state index contributed by atoms with van der Waals surface area (Å²) in [7, 11) is 0. The van der Waals surface area contributed by atoms with Gasteiger partial charge in [0.15, 0.2) is 0 Å². The zero-order valence-corrected chi connectivity index (χ0v) is 11.6. The fourth-order valence-electron chi connectivity index (χ4n) is 2.32. The Morgan fingerprint density at radius 3 is 2.82 bits per heavy atom. The minimum absolute atomic E-state index is 0.237. The SMILES string of the molecule is Cc1c(Cl)cccc1N1CCNC(C)(C)CC1. The monoisotopic (exact) mass is 252 g/mol. The Hall–Kier alpha value is -0.730. The summed E-state index contributed by atoms with van der Waals surface area (Å²) in [6.45, 7) is 9.79. The molecule has 1 N–H and O–H groups in total. The van der Waals surface area contributed by atoms with Crippen molar-refractivity contribution in [3.8, 4) is 0 Å². The molecule has 1 saturated heterocycles. The van der Waals surface area contributed by atoms with Gasteiger partial charge in [-0.15, -0.1) is 0 Å². The number of halogens is 1. The fraction of sp³-hybridized carbons (Fsp3) is 0.571. The van der Waals surface area contributed by atoms with E-state index in [9.17, 15) is 0 Å². The van der Waals surface area contributed by atoms with Crippen molar-refractivity contribution < 1.29 is 0 Å². The molecule has 0 unspecified atom stereocenters. The van der Waals surface area contributed by atoms with Gasteiger partial charge < -0.3 is 10.2 Å². The van der Waals surface area contributed by atoms with E-state index in [4.69, 9.17) is 11.6 Å². The molecule has 0 aromatic heterocycles. The van der Waals surface area contributed by atoms with Crippen LogP contribution in [0.3, 0.4) is 0 Å². The Balaban J connectivity index is 2.20. The zero-order valence-electron chi connectivity index (χ0n) is 10.9. The van der Waals surface area contributed by atoms with Crippen LogP contribution >= 0.6 is 11.6 Å². The molecule has 0 atom stereocenters. The highest BCUT2D eigenvalue weighted by Crippen LogP contribution is 2.27. The van der Waals surface area contributed by atoms with Gasteiger partial charge in [-0.2, -0.15) is 0 Å². The predicted octanol–water partition coefficient (Wildman–Crippen LogP) is 3.23. The molecule has 3 heteroatoms. The molecular formula is C14H21ClN2. The molecule has 1 aromatic rings. The number of anilines is 1. The standard InChI is InChI=1S/C14H21ClN2/c1-11-12(15)5-4-6-13(11)17-9-7-14(2,3)16-8-10-17/h4-6,16H,7-10H2,1-3H3. The number of hydrogen-bond donors (Lipinski definition) is 1. The second-order valence-electron chi connectivity index (χ2n) is 5.43. The van der Waals surface area contributed by atoms with Crippen LogP contribution in [-0.4, -0.2) is 25.2 Å². The highest BCUT2D eigenvalue weighted by molar-refractivity contribution is 6.31. The third kappa shape index (κ3) is 2.93. The smallest absolute Gasteiger partial charge is 0.0455 e. The van der Waals surface area contributed by atoms with Gasteiger partial charge in [0.1, 0.15) is 0 Å². The van der Waals surface area contributed by atoms with E-state index in [1.54, 1.807) is 0 Å². The van der Waals surface area contributed by atoms with E-state index >= 15 is 0 Å². The number of nitrogens with zero attached hydrogens (tertiary/aromatic N) is 1. The number of benzene rings is 1. The van der Waals surface area contributed by atoms with E-state index in [0.29, 0.717) is 0 Å². The first-order valence-corrected chi connectivity index (χ1v) is 6.62. The van der Waals surface area contributed by atoms with Crippen molar-refractivity contribution in [1.29, 1.82) is 0 Å². The lowest BCUT2D eigenvalue weighted by Crippen LogP contribution is -2.39. The lowest BCUT2D eigenvalue weighted by Gasteiger charge is -2.26. The Labute approximate surface area is 109 Å². The molecule has 17 heavy (non-hydrogen) atoms. The van der Waals surface area contributed by atoms with Crippen molar-refractivity contribution in [2.75, 3.05) is 24.5 Å². The number of rotatable bonds is 1. The first-order chi connectivity index (χ1) is 7.99. The summed E-state index contributed by atoms with van der Waals surface area (Å²) in [5, 5.41) is 4.44. The Morgan fingerprint density at radius 2 is 2.06 bits per heavy atom. The van der Waals surface area contributed by atoms with Crippen LogP contribution in [0.25, 0.3) is 0 Å². The largest absolute Gasteiger partial charge is 0.370 e. The molecule has 2 rings (SSSR count). The number of nitrogens with one attached hydrogen (secondary N) is 1. The van der Waals surface area contributed by atoms with Gasteiger partial charge in [0.05, 0.1) is 0 Å². The minimum Gasteiger partial charge on any atom is -0.370 e. The lowest BCUT2D eigenvalue weighted by molar-refractivity contribution is 0.394. The highest BCUT2D eigenvalue weighted by Gasteiger charge is 2.23. The van der Waals surface area contributed by atoms with Crippen LogP contribution in [0.1, 0.15) is 25.8 Å². The van der Waals surface area contributed by atoms with E-state index in [1.165, 1.54) is 11.3 Å². The van der Waals surface area contributed by atoms with Crippen LogP contribution in [0.5, 0.6) is 0 Å². The van der Waals surface area contributed by atoms with Gasteiger partial charge in [-0.1, -0.05) is 17.7 Å². The van der Waals surface area contributed by atoms with Crippen LogP contribution in [0, 0.1) is 6.92 Å². The third-order valence-corrected chi connectivity index (χ3v) is 3.98. The van der Waals surface area contributed by atoms with Gasteiger partial charge in [0.25, 0.3) is 0 Å². The normalized spacial score (nSPS) is 20.1. The van der Waals surface area contributed by atoms with Crippen LogP contribution in [0.4, 0.5) is 5.69 Å². The quantitative estimate of drug-likeness (QED) is 0.826. The second-order valence-corrected chi connectivity index (χ2v) is 5.84. The maximum absolute atomic E-state index is 6.19. The van der Waals surface area contributed by atoms with Crippen molar-refractivity contribution in [2.45, 2.75) is 32.7 Å². The predicted molar refractivity (Wildman–Crippen MR) is 75.1 cm³/mol. The van der Waals surface area contributed by atoms with Crippen LogP contribution in [0.2, 0.25) is 5.02 Å². The van der Waals surface area contributed by atoms with Crippen molar-refractivity contribution in [1.82, 2.24) is 5.32 Å². The maximum atomic E-state index is 6.19. The summed E-state index contributed by atoms with van der Waals surface area (Å²) in [6, 6.07) is 6.16. The molecule has 0 amide bonds. The Kier molecular flexibility index (Phi) is 3.64. The van der Waals surface area contributed by atoms with Crippen molar-refractivity contribution >= 4 is 17.3 Å². The lowest BCUT2D eigenvalue weighted by atomic mass is 10.0. The first-order valence-electron chi connectivity index (χ1n) is 6.25. The Bertz CT molecular complexity index is 401. The van der Waals surface area contributed by atoms with Crippen molar-refractivity contribution in [2.24, 2.45) is 0 Å². The third-order valence-electron chi connectivity index (χ3n) is 3.57. The van der Waals surface area contributed by atoms with Gasteiger partial charge in [0.2, 0.25) is 0 Å². The summed E-state index contributed by atoms with van der Waals surface area (Å²) in [5.74, 6) is 0. The van der Waals surface area contributed by atoms with Gasteiger partial charge in [-0.25, -0.2) is 0 Å². The van der Waals surface area contributed by atoms with E-state index in [0.717, 1.165) is 31.1 Å². The molecule has 1 aliphatic heterocycles. The minimum atomic E-state index is 0.237. The topological polar surface area (TPSA) is 15.3 Å². The first kappa shape index (κ1) is 12.7. The fourth-order valence-corrected chi connectivity index (χ4v) is 2.49. The number of hydrogen-bond acceptors (Lipinski definition) is 2. The molecule has 0 spiro atoms. The summed E-state index contributed by atoms with van der Waals surface area (Å²) in [4.78, 5) is 2.43. The molecule has 1 fully saturated rings.